The minimum atomic E-state index is -0.967. The van der Waals surface area contributed by atoms with Gasteiger partial charge in [-0.05, 0) is 61.4 Å². The van der Waals surface area contributed by atoms with Crippen molar-refractivity contribution in [3.8, 4) is 17.2 Å². The predicted octanol–water partition coefficient (Wildman–Crippen LogP) is 2.98. The summed E-state index contributed by atoms with van der Waals surface area (Å²) in [5.41, 5.74) is -0.0659. The second kappa shape index (κ2) is 8.86. The average molecular weight is 425 g/mol. The lowest BCUT2D eigenvalue weighted by molar-refractivity contribution is -0.130. The number of methoxy groups -OCH3 is 2. The van der Waals surface area contributed by atoms with Crippen molar-refractivity contribution >= 4 is 24.1 Å². The molecule has 2 aromatic carbocycles. The van der Waals surface area contributed by atoms with Crippen LogP contribution in [0.5, 0.6) is 17.2 Å². The zero-order valence-corrected chi connectivity index (χ0v) is 17.7. The molecule has 3 amide bonds. The third-order valence-corrected chi connectivity index (χ3v) is 4.99. The molecule has 1 N–H and O–H groups in total. The van der Waals surface area contributed by atoms with Crippen LogP contribution >= 0.6 is 0 Å². The van der Waals surface area contributed by atoms with E-state index in [1.807, 2.05) is 6.92 Å². The Hall–Kier alpha value is -3.88. The molecule has 1 saturated heterocycles. The molecule has 0 spiro atoms. The number of nitrogens with zero attached hydrogens (tertiary/aromatic N) is 2. The van der Waals surface area contributed by atoms with Crippen molar-refractivity contribution in [1.82, 2.24) is 10.3 Å². The molecule has 0 aromatic heterocycles. The third-order valence-electron chi connectivity index (χ3n) is 4.99. The number of hydrogen-bond donors (Lipinski definition) is 1. The van der Waals surface area contributed by atoms with Crippen molar-refractivity contribution < 1.29 is 28.6 Å². The van der Waals surface area contributed by atoms with Gasteiger partial charge in [-0.25, -0.2) is 9.59 Å². The van der Waals surface area contributed by atoms with Gasteiger partial charge in [0, 0.05) is 0 Å². The first kappa shape index (κ1) is 21.8. The summed E-state index contributed by atoms with van der Waals surface area (Å²) in [5.74, 6) is 0.159. The lowest BCUT2D eigenvalue weighted by atomic mass is 10.00. The first-order chi connectivity index (χ1) is 14.8. The molecule has 0 aliphatic carbocycles. The smallest absolute Gasteiger partial charge is 0.346 e. The molecule has 31 heavy (non-hydrogen) atoms. The van der Waals surface area contributed by atoms with E-state index in [9.17, 15) is 14.4 Å². The highest BCUT2D eigenvalue weighted by Crippen LogP contribution is 2.29. The van der Waals surface area contributed by atoms with Crippen molar-refractivity contribution in [3.05, 3.63) is 53.6 Å². The van der Waals surface area contributed by atoms with Gasteiger partial charge in [0.15, 0.2) is 11.5 Å². The lowest BCUT2D eigenvalue weighted by Crippen LogP contribution is -2.42. The Morgan fingerprint density at radius 1 is 1.10 bits per heavy atom. The molecule has 9 nitrogen and oxygen atoms in total. The van der Waals surface area contributed by atoms with Crippen LogP contribution in [0.2, 0.25) is 0 Å². The molecule has 1 atom stereocenters. The number of hydrogen-bond acceptors (Lipinski definition) is 7. The fraction of sp³-hybridized carbons (Fsp3) is 0.273. The van der Waals surface area contributed by atoms with E-state index in [1.165, 1.54) is 20.4 Å². The molecule has 1 aliphatic rings. The highest BCUT2D eigenvalue weighted by atomic mass is 16.6. The van der Waals surface area contributed by atoms with E-state index in [1.54, 1.807) is 49.4 Å². The number of urea groups is 1. The van der Waals surface area contributed by atoms with E-state index in [0.29, 0.717) is 29.0 Å². The number of carbonyl (C=O) groups is 3. The maximum absolute atomic E-state index is 12.4. The number of benzene rings is 2. The summed E-state index contributed by atoms with van der Waals surface area (Å²) >= 11 is 0. The fourth-order valence-electron chi connectivity index (χ4n) is 2.87. The fourth-order valence-corrected chi connectivity index (χ4v) is 2.87. The van der Waals surface area contributed by atoms with Gasteiger partial charge in [-0.2, -0.15) is 5.10 Å². The maximum Gasteiger partial charge on any atom is 0.346 e. The molecule has 1 heterocycles. The van der Waals surface area contributed by atoms with Crippen molar-refractivity contribution in [1.29, 1.82) is 0 Å². The van der Waals surface area contributed by atoms with Crippen molar-refractivity contribution in [2.45, 2.75) is 25.8 Å². The summed E-state index contributed by atoms with van der Waals surface area (Å²) in [4.78, 5) is 36.8. The molecule has 0 unspecified atom stereocenters. The zero-order chi connectivity index (χ0) is 22.6. The normalized spacial score (nSPS) is 18.3. The summed E-state index contributed by atoms with van der Waals surface area (Å²) < 4.78 is 15.8. The summed E-state index contributed by atoms with van der Waals surface area (Å²) in [6, 6.07) is 10.7. The van der Waals surface area contributed by atoms with Gasteiger partial charge >= 0.3 is 12.0 Å². The molecule has 2 aromatic rings. The topological polar surface area (TPSA) is 107 Å². The Morgan fingerprint density at radius 3 is 2.39 bits per heavy atom. The number of amides is 3. The van der Waals surface area contributed by atoms with Crippen LogP contribution in [-0.2, 0) is 4.79 Å². The van der Waals surface area contributed by atoms with Gasteiger partial charge in [0.25, 0.3) is 5.91 Å². The Bertz CT molecular complexity index is 1030. The zero-order valence-electron chi connectivity index (χ0n) is 17.7. The van der Waals surface area contributed by atoms with E-state index < -0.39 is 23.4 Å². The minimum Gasteiger partial charge on any atom is -0.497 e. The summed E-state index contributed by atoms with van der Waals surface area (Å²) in [7, 11) is 2.97. The van der Waals surface area contributed by atoms with Gasteiger partial charge in [-0.3, -0.25) is 4.79 Å². The first-order valence-corrected chi connectivity index (χ1v) is 9.56. The van der Waals surface area contributed by atoms with Crippen LogP contribution in [0, 0.1) is 0 Å². The predicted molar refractivity (Wildman–Crippen MR) is 113 cm³/mol. The molecular formula is C22H23N3O6. The number of nitrogens with one attached hydrogen (secondary N) is 1. The van der Waals surface area contributed by atoms with E-state index in [-0.39, 0.29) is 5.75 Å². The van der Waals surface area contributed by atoms with Crippen molar-refractivity contribution in [2.24, 2.45) is 5.10 Å². The van der Waals surface area contributed by atoms with Gasteiger partial charge in [0.2, 0.25) is 0 Å². The van der Waals surface area contributed by atoms with Crippen LogP contribution in [0.25, 0.3) is 0 Å². The summed E-state index contributed by atoms with van der Waals surface area (Å²) in [5, 5.41) is 7.43. The number of ether oxygens (including phenoxy) is 3. The number of hydrazone groups is 1. The second-order valence-electron chi connectivity index (χ2n) is 7.01. The van der Waals surface area contributed by atoms with E-state index in [0.717, 1.165) is 5.01 Å². The van der Waals surface area contributed by atoms with Gasteiger partial charge < -0.3 is 19.5 Å². The largest absolute Gasteiger partial charge is 0.497 e. The summed E-state index contributed by atoms with van der Waals surface area (Å²) in [6.07, 6.45) is 1.81. The first-order valence-electron chi connectivity index (χ1n) is 9.56. The quantitative estimate of drug-likeness (QED) is 0.316. The molecule has 0 radical (unpaired) electrons. The van der Waals surface area contributed by atoms with Crippen LogP contribution in [-0.4, -0.2) is 48.9 Å². The molecular weight excluding hydrogens is 402 g/mol. The van der Waals surface area contributed by atoms with Gasteiger partial charge in [-0.15, -0.1) is 5.01 Å². The molecule has 3 rings (SSSR count). The summed E-state index contributed by atoms with van der Waals surface area (Å²) in [6.45, 7) is 3.46. The molecule has 162 valence electrons. The number of imide groups is 1. The van der Waals surface area contributed by atoms with Crippen LogP contribution in [0.1, 0.15) is 36.2 Å². The molecule has 0 bridgehead atoms. The molecule has 1 aliphatic heterocycles. The van der Waals surface area contributed by atoms with Crippen molar-refractivity contribution in [3.63, 3.8) is 0 Å². The SMILES string of the molecule is CC[C@@]1(C)NC(=O)N(/N=C\c2ccc(OC(=O)c3ccc(OC)cc3)c(OC)c2)C1=O. The Kier molecular flexibility index (Phi) is 6.24. The van der Waals surface area contributed by atoms with E-state index in [2.05, 4.69) is 10.4 Å². The standard InChI is InChI=1S/C22H23N3O6/c1-5-22(2)20(27)25(21(28)24-22)23-13-14-6-11-17(18(12-14)30-4)31-19(26)15-7-9-16(29-3)10-8-15/h6-13H,5H2,1-4H3,(H,24,28)/b23-13-/t22-/m1/s1. The average Bonchev–Trinajstić information content (AvgIpc) is 3.01. The second-order valence-corrected chi connectivity index (χ2v) is 7.01. The van der Waals surface area contributed by atoms with Crippen LogP contribution < -0.4 is 19.5 Å². The van der Waals surface area contributed by atoms with Gasteiger partial charge in [-0.1, -0.05) is 6.92 Å². The molecule has 1 fully saturated rings. The Labute approximate surface area is 179 Å². The highest BCUT2D eigenvalue weighted by molar-refractivity contribution is 6.07. The highest BCUT2D eigenvalue weighted by Gasteiger charge is 2.46. The van der Waals surface area contributed by atoms with Gasteiger partial charge in [0.05, 0.1) is 26.0 Å². The lowest BCUT2D eigenvalue weighted by Gasteiger charge is -2.17. The molecule has 0 saturated carbocycles. The Balaban J connectivity index is 1.75. The third kappa shape index (κ3) is 4.50. The monoisotopic (exact) mass is 425 g/mol. The Morgan fingerprint density at radius 2 is 1.81 bits per heavy atom. The number of rotatable bonds is 7. The van der Waals surface area contributed by atoms with E-state index >= 15 is 0 Å². The van der Waals surface area contributed by atoms with Crippen LogP contribution in [0.4, 0.5) is 4.79 Å². The van der Waals surface area contributed by atoms with Gasteiger partial charge in [0.1, 0.15) is 11.3 Å². The number of carbonyl (C=O) groups excluding carboxylic acids is 3. The van der Waals surface area contributed by atoms with E-state index in [4.69, 9.17) is 14.2 Å². The molecule has 9 heteroatoms. The maximum atomic E-state index is 12.4. The minimum absolute atomic E-state index is 0.217. The van der Waals surface area contributed by atoms with Crippen LogP contribution in [0.3, 0.4) is 0 Å². The van der Waals surface area contributed by atoms with Crippen molar-refractivity contribution in [2.75, 3.05) is 14.2 Å². The number of esters is 1. The van der Waals surface area contributed by atoms with Crippen LogP contribution in [0.15, 0.2) is 47.6 Å².